The highest BCUT2D eigenvalue weighted by molar-refractivity contribution is 8.00. The highest BCUT2D eigenvalue weighted by Gasteiger charge is 2.29. The van der Waals surface area contributed by atoms with Gasteiger partial charge in [0.2, 0.25) is 5.91 Å². The van der Waals surface area contributed by atoms with Gasteiger partial charge in [0, 0.05) is 10.6 Å². The van der Waals surface area contributed by atoms with Crippen molar-refractivity contribution in [2.24, 2.45) is 5.92 Å². The van der Waals surface area contributed by atoms with Crippen molar-refractivity contribution < 1.29 is 4.79 Å². The normalized spacial score (nSPS) is 13.6. The predicted molar refractivity (Wildman–Crippen MR) is 83.3 cm³/mol. The monoisotopic (exact) mass is 291 g/mol. The summed E-state index contributed by atoms with van der Waals surface area (Å²) < 4.78 is 0. The lowest BCUT2D eigenvalue weighted by atomic mass is 9.90. The molecule has 1 unspecified atom stereocenters. The molecular weight excluding hydrogens is 270 g/mol. The zero-order valence-electron chi connectivity index (χ0n) is 12.4. The average Bonchev–Trinajstić information content (AvgIpc) is 2.40. The molecule has 1 aromatic rings. The quantitative estimate of drug-likeness (QED) is 0.646. The fraction of sp³-hybridized carbons (Fsp3) is 0.467. The molecule has 1 atom stereocenters. The molecule has 20 heavy (non-hydrogen) atoms. The van der Waals surface area contributed by atoms with E-state index in [1.54, 1.807) is 6.92 Å². The first-order valence-corrected chi connectivity index (χ1v) is 7.49. The lowest BCUT2D eigenvalue weighted by molar-refractivity contribution is -0.120. The first-order chi connectivity index (χ1) is 9.30. The number of para-hydroxylation sites is 1. The number of rotatable bonds is 5. The molecule has 0 saturated carbocycles. The highest BCUT2D eigenvalue weighted by Crippen LogP contribution is 2.27. The van der Waals surface area contributed by atoms with Gasteiger partial charge in [0.05, 0.1) is 11.8 Å². The third kappa shape index (κ3) is 3.91. The fourth-order valence-electron chi connectivity index (χ4n) is 1.55. The van der Waals surface area contributed by atoms with Gasteiger partial charge in [-0.15, -0.1) is 11.8 Å². The summed E-state index contributed by atoms with van der Waals surface area (Å²) in [6.07, 6.45) is 0. The van der Waals surface area contributed by atoms with E-state index in [1.165, 1.54) is 11.8 Å². The Kier molecular flexibility index (Phi) is 5.46. The molecular formula is C15H21N3OS. The van der Waals surface area contributed by atoms with Crippen LogP contribution in [0.25, 0.3) is 0 Å². The van der Waals surface area contributed by atoms with E-state index in [9.17, 15) is 10.1 Å². The Morgan fingerprint density at radius 1 is 1.55 bits per heavy atom. The number of nitriles is 1. The molecule has 0 aliphatic rings. The number of aryl methyl sites for hydroxylation is 1. The molecule has 108 valence electrons. The number of thioether (sulfide) groups is 1. The minimum Gasteiger partial charge on any atom is -0.398 e. The molecule has 0 fully saturated rings. The molecule has 0 saturated heterocycles. The molecule has 5 heteroatoms. The van der Waals surface area contributed by atoms with Crippen LogP contribution in [0.1, 0.15) is 26.3 Å². The number of nitrogens with one attached hydrogen (secondary N) is 1. The van der Waals surface area contributed by atoms with Crippen LogP contribution in [0.3, 0.4) is 0 Å². The van der Waals surface area contributed by atoms with Gasteiger partial charge < -0.3 is 11.1 Å². The first-order valence-electron chi connectivity index (χ1n) is 6.50. The van der Waals surface area contributed by atoms with Gasteiger partial charge in [-0.05, 0) is 31.4 Å². The Balaban J connectivity index is 2.65. The van der Waals surface area contributed by atoms with E-state index in [1.807, 2.05) is 39.0 Å². The molecule has 1 aromatic carbocycles. The number of benzene rings is 1. The van der Waals surface area contributed by atoms with Crippen molar-refractivity contribution in [3.05, 3.63) is 23.8 Å². The van der Waals surface area contributed by atoms with E-state index in [0.29, 0.717) is 5.69 Å². The van der Waals surface area contributed by atoms with Crippen molar-refractivity contribution in [2.75, 3.05) is 11.5 Å². The number of hydrogen-bond donors (Lipinski definition) is 2. The maximum Gasteiger partial charge on any atom is 0.231 e. The summed E-state index contributed by atoms with van der Waals surface area (Å²) in [6, 6.07) is 7.91. The van der Waals surface area contributed by atoms with Crippen LogP contribution in [-0.4, -0.2) is 17.2 Å². The van der Waals surface area contributed by atoms with Gasteiger partial charge in [-0.25, -0.2) is 0 Å². The van der Waals surface area contributed by atoms with Crippen molar-refractivity contribution in [1.29, 1.82) is 5.26 Å². The van der Waals surface area contributed by atoms with Gasteiger partial charge in [-0.1, -0.05) is 26.0 Å². The number of anilines is 1. The van der Waals surface area contributed by atoms with Gasteiger partial charge in [-0.2, -0.15) is 5.26 Å². The van der Waals surface area contributed by atoms with Crippen LogP contribution in [0.2, 0.25) is 0 Å². The smallest absolute Gasteiger partial charge is 0.231 e. The summed E-state index contributed by atoms with van der Waals surface area (Å²) in [7, 11) is 0. The zero-order chi connectivity index (χ0) is 15.3. The van der Waals surface area contributed by atoms with Crippen LogP contribution in [0.5, 0.6) is 0 Å². The maximum absolute atomic E-state index is 12.0. The van der Waals surface area contributed by atoms with Gasteiger partial charge in [-0.3, -0.25) is 4.79 Å². The van der Waals surface area contributed by atoms with Gasteiger partial charge >= 0.3 is 0 Å². The first kappa shape index (κ1) is 16.4. The SMILES string of the molecule is Cc1cccc(SCC(=O)NC(C)(C#N)C(C)C)c1N. The predicted octanol–water partition coefficient (Wildman–Crippen LogP) is 2.72. The molecule has 0 spiro atoms. The second-order valence-electron chi connectivity index (χ2n) is 5.29. The molecule has 0 aliphatic carbocycles. The summed E-state index contributed by atoms with van der Waals surface area (Å²) in [5.41, 5.74) is 6.83. The van der Waals surface area contributed by atoms with E-state index >= 15 is 0 Å². The average molecular weight is 291 g/mol. The fourth-order valence-corrected chi connectivity index (χ4v) is 2.40. The maximum atomic E-state index is 12.0. The van der Waals surface area contributed by atoms with Crippen LogP contribution in [0.15, 0.2) is 23.1 Å². The molecule has 0 radical (unpaired) electrons. The number of nitrogens with two attached hydrogens (primary N) is 1. The second-order valence-corrected chi connectivity index (χ2v) is 6.31. The van der Waals surface area contributed by atoms with Gasteiger partial charge in [0.15, 0.2) is 0 Å². The molecule has 3 N–H and O–H groups in total. The standard InChI is InChI=1S/C15H21N3OS/c1-10(2)15(4,9-16)18-13(19)8-20-12-7-5-6-11(3)14(12)17/h5-7,10H,8,17H2,1-4H3,(H,18,19). The number of nitrogen functional groups attached to an aromatic ring is 1. The Morgan fingerprint density at radius 3 is 2.75 bits per heavy atom. The van der Waals surface area contributed by atoms with Crippen molar-refractivity contribution >= 4 is 23.4 Å². The molecule has 0 bridgehead atoms. The molecule has 0 aromatic heterocycles. The number of carbonyl (C=O) groups is 1. The number of amides is 1. The molecule has 1 amide bonds. The largest absolute Gasteiger partial charge is 0.398 e. The topological polar surface area (TPSA) is 78.9 Å². The molecule has 1 rings (SSSR count). The second kappa shape index (κ2) is 6.67. The Labute approximate surface area is 124 Å². The third-order valence-electron chi connectivity index (χ3n) is 3.43. The third-order valence-corrected chi connectivity index (χ3v) is 4.50. The van der Waals surface area contributed by atoms with Gasteiger partial charge in [0.1, 0.15) is 5.54 Å². The minimum atomic E-state index is -0.838. The summed E-state index contributed by atoms with van der Waals surface area (Å²) in [5, 5.41) is 12.0. The van der Waals surface area contributed by atoms with E-state index < -0.39 is 5.54 Å². The Bertz CT molecular complexity index is 536. The Morgan fingerprint density at radius 2 is 2.20 bits per heavy atom. The summed E-state index contributed by atoms with van der Waals surface area (Å²) in [4.78, 5) is 12.9. The highest BCUT2D eigenvalue weighted by atomic mass is 32.2. The molecule has 0 heterocycles. The number of hydrogen-bond acceptors (Lipinski definition) is 4. The van der Waals surface area contributed by atoms with Crippen LogP contribution in [0, 0.1) is 24.2 Å². The zero-order valence-corrected chi connectivity index (χ0v) is 13.2. The van der Waals surface area contributed by atoms with Crippen molar-refractivity contribution in [1.82, 2.24) is 5.32 Å². The van der Waals surface area contributed by atoms with E-state index in [4.69, 9.17) is 5.73 Å². The number of carbonyl (C=O) groups excluding carboxylic acids is 1. The van der Waals surface area contributed by atoms with Crippen molar-refractivity contribution in [3.8, 4) is 6.07 Å². The molecule has 4 nitrogen and oxygen atoms in total. The summed E-state index contributed by atoms with van der Waals surface area (Å²) >= 11 is 1.39. The Hall–Kier alpha value is -1.67. The van der Waals surface area contributed by atoms with E-state index in [-0.39, 0.29) is 17.6 Å². The summed E-state index contributed by atoms with van der Waals surface area (Å²) in [5.74, 6) is 0.136. The minimum absolute atomic E-state index is 0.0467. The van der Waals surface area contributed by atoms with Crippen molar-refractivity contribution in [3.63, 3.8) is 0 Å². The van der Waals surface area contributed by atoms with Crippen LogP contribution >= 0.6 is 11.8 Å². The molecule has 0 aliphatic heterocycles. The summed E-state index contributed by atoms with van der Waals surface area (Å²) in [6.45, 7) is 7.50. The van der Waals surface area contributed by atoms with Crippen molar-refractivity contribution in [2.45, 2.75) is 38.1 Å². The number of nitrogens with zero attached hydrogens (tertiary/aromatic N) is 1. The van der Waals surface area contributed by atoms with Crippen LogP contribution in [-0.2, 0) is 4.79 Å². The lowest BCUT2D eigenvalue weighted by Gasteiger charge is -2.27. The van der Waals surface area contributed by atoms with Gasteiger partial charge in [0.25, 0.3) is 0 Å². The van der Waals surface area contributed by atoms with Crippen LogP contribution in [0.4, 0.5) is 5.69 Å². The lowest BCUT2D eigenvalue weighted by Crippen LogP contribution is -2.49. The van der Waals surface area contributed by atoms with E-state index in [0.717, 1.165) is 10.5 Å². The van der Waals surface area contributed by atoms with Crippen LogP contribution < -0.4 is 11.1 Å². The van der Waals surface area contributed by atoms with E-state index in [2.05, 4.69) is 11.4 Å².